The average molecular weight is 404 g/mol. The summed E-state index contributed by atoms with van der Waals surface area (Å²) in [4.78, 5) is 25.1. The molecule has 0 radical (unpaired) electrons. The van der Waals surface area contributed by atoms with E-state index >= 15 is 0 Å². The fraction of sp³-hybridized carbons (Fsp3) is 0.333. The highest BCUT2D eigenvalue weighted by Crippen LogP contribution is 2.38. The first-order valence-electron chi connectivity index (χ1n) is 8.77. The summed E-state index contributed by atoms with van der Waals surface area (Å²) in [6.07, 6.45) is -0.767. The minimum Gasteiger partial charge on any atom is -0.497 e. The van der Waals surface area contributed by atoms with Gasteiger partial charge in [0.2, 0.25) is 0 Å². The molecule has 0 saturated carbocycles. The van der Waals surface area contributed by atoms with Crippen LogP contribution in [0.25, 0.3) is 0 Å². The van der Waals surface area contributed by atoms with Gasteiger partial charge in [-0.2, -0.15) is 0 Å². The molecule has 6 nitrogen and oxygen atoms in total. The lowest BCUT2D eigenvalue weighted by Crippen LogP contribution is -2.46. The van der Waals surface area contributed by atoms with Crippen LogP contribution in [0.5, 0.6) is 5.75 Å². The third-order valence-electron chi connectivity index (χ3n) is 3.69. The van der Waals surface area contributed by atoms with Crippen molar-refractivity contribution in [2.75, 3.05) is 7.11 Å². The van der Waals surface area contributed by atoms with Gasteiger partial charge in [-0.25, -0.2) is 9.59 Å². The van der Waals surface area contributed by atoms with Crippen molar-refractivity contribution < 1.29 is 24.2 Å². The average Bonchev–Trinajstić information content (AvgIpc) is 2.64. The zero-order chi connectivity index (χ0) is 20.7. The molecule has 2 aromatic rings. The molecule has 2 rings (SSSR count). The predicted octanol–water partition coefficient (Wildman–Crippen LogP) is 4.51. The first-order valence-corrected chi connectivity index (χ1v) is 9.65. The van der Waals surface area contributed by atoms with E-state index in [4.69, 9.17) is 9.47 Å². The molecule has 2 N–H and O–H groups in total. The van der Waals surface area contributed by atoms with E-state index in [2.05, 4.69) is 5.32 Å². The number of hydrogen-bond acceptors (Lipinski definition) is 5. The van der Waals surface area contributed by atoms with Crippen molar-refractivity contribution in [2.45, 2.75) is 42.6 Å². The quantitative estimate of drug-likeness (QED) is 0.662. The van der Waals surface area contributed by atoms with Crippen LogP contribution in [-0.4, -0.2) is 35.9 Å². The molecule has 0 spiro atoms. The van der Waals surface area contributed by atoms with Crippen LogP contribution in [-0.2, 0) is 9.53 Å². The van der Waals surface area contributed by atoms with Crippen molar-refractivity contribution >= 4 is 23.8 Å². The van der Waals surface area contributed by atoms with Crippen molar-refractivity contribution in [1.29, 1.82) is 0 Å². The number of ether oxygens (including phenoxy) is 2. The summed E-state index contributed by atoms with van der Waals surface area (Å²) in [5.74, 6) is -0.428. The summed E-state index contributed by atoms with van der Waals surface area (Å²) in [7, 11) is 1.58. The lowest BCUT2D eigenvalue weighted by atomic mass is 10.1. The number of alkyl carbamates (subject to hydrolysis) is 1. The Morgan fingerprint density at radius 2 is 1.64 bits per heavy atom. The number of aliphatic carboxylic acids is 1. The molecule has 0 aliphatic carbocycles. The van der Waals surface area contributed by atoms with Crippen molar-refractivity contribution in [3.05, 3.63) is 60.2 Å². The number of nitrogens with one attached hydrogen (secondary N) is 1. The highest BCUT2D eigenvalue weighted by Gasteiger charge is 2.33. The van der Waals surface area contributed by atoms with Crippen LogP contribution in [0.2, 0.25) is 0 Å². The van der Waals surface area contributed by atoms with E-state index in [0.29, 0.717) is 5.75 Å². The molecular formula is C21H25NO5S. The van der Waals surface area contributed by atoms with Crippen molar-refractivity contribution in [2.24, 2.45) is 0 Å². The summed E-state index contributed by atoms with van der Waals surface area (Å²) in [6.45, 7) is 5.18. The zero-order valence-electron chi connectivity index (χ0n) is 16.3. The normalized spacial score (nSPS) is 13.3. The Labute approximate surface area is 169 Å². The lowest BCUT2D eigenvalue weighted by Gasteiger charge is -2.27. The Balaban J connectivity index is 2.31. The summed E-state index contributed by atoms with van der Waals surface area (Å²) < 4.78 is 10.4. The molecule has 0 fully saturated rings. The number of amides is 1. The number of thioether (sulfide) groups is 1. The van der Waals surface area contributed by atoms with Gasteiger partial charge in [0.05, 0.1) is 12.4 Å². The molecule has 0 bridgehead atoms. The van der Waals surface area contributed by atoms with Gasteiger partial charge >= 0.3 is 12.1 Å². The van der Waals surface area contributed by atoms with Crippen molar-refractivity contribution in [3.8, 4) is 5.75 Å². The Kier molecular flexibility index (Phi) is 7.34. The SMILES string of the molecule is COc1ccc(SC(c2ccccc2)[C@H](NC(=O)OC(C)(C)C)C(=O)O)cc1. The molecule has 150 valence electrons. The van der Waals surface area contributed by atoms with Gasteiger partial charge in [0, 0.05) is 4.90 Å². The second kappa shape index (κ2) is 9.50. The van der Waals surface area contributed by atoms with Gasteiger partial charge in [-0.3, -0.25) is 0 Å². The number of carbonyl (C=O) groups excluding carboxylic acids is 1. The fourth-order valence-electron chi connectivity index (χ4n) is 2.47. The van der Waals surface area contributed by atoms with Crippen molar-refractivity contribution in [1.82, 2.24) is 5.32 Å². The van der Waals surface area contributed by atoms with Gasteiger partial charge in [0.25, 0.3) is 0 Å². The highest BCUT2D eigenvalue weighted by molar-refractivity contribution is 7.99. The maximum absolute atomic E-state index is 12.2. The fourth-order valence-corrected chi connectivity index (χ4v) is 3.67. The van der Waals surface area contributed by atoms with E-state index < -0.39 is 29.0 Å². The van der Waals surface area contributed by atoms with E-state index in [1.54, 1.807) is 40.0 Å². The maximum Gasteiger partial charge on any atom is 0.408 e. The first kappa shape index (κ1) is 21.6. The number of methoxy groups -OCH3 is 1. The molecule has 1 unspecified atom stereocenters. The summed E-state index contributed by atoms with van der Waals surface area (Å²) in [6, 6.07) is 15.4. The molecule has 7 heteroatoms. The topological polar surface area (TPSA) is 84.9 Å². The van der Waals surface area contributed by atoms with Crippen LogP contribution in [0.3, 0.4) is 0 Å². The molecule has 0 aliphatic rings. The molecule has 0 heterocycles. The van der Waals surface area contributed by atoms with Crippen LogP contribution in [0.1, 0.15) is 31.6 Å². The second-order valence-corrected chi connectivity index (χ2v) is 8.30. The number of carboxylic acids is 1. The standard InChI is InChI=1S/C21H25NO5S/c1-21(2,3)27-20(25)22-17(19(23)24)18(14-8-6-5-7-9-14)28-16-12-10-15(26-4)11-13-16/h5-13,17-18H,1-4H3,(H,22,25)(H,23,24)/t17-,18?/m0/s1. The Hall–Kier alpha value is -2.67. The van der Waals surface area contributed by atoms with Gasteiger partial charge in [-0.05, 0) is 50.6 Å². The molecular weight excluding hydrogens is 378 g/mol. The highest BCUT2D eigenvalue weighted by atomic mass is 32.2. The molecule has 2 atom stereocenters. The summed E-state index contributed by atoms with van der Waals surface area (Å²) in [5, 5.41) is 11.8. The van der Waals surface area contributed by atoms with Gasteiger partial charge < -0.3 is 19.9 Å². The van der Waals surface area contributed by atoms with Gasteiger partial charge in [0.15, 0.2) is 0 Å². The van der Waals surface area contributed by atoms with Crippen LogP contribution in [0, 0.1) is 0 Å². The number of carboxylic acid groups (broad SMARTS) is 1. The lowest BCUT2D eigenvalue weighted by molar-refractivity contribution is -0.139. The zero-order valence-corrected chi connectivity index (χ0v) is 17.2. The predicted molar refractivity (Wildman–Crippen MR) is 109 cm³/mol. The number of carbonyl (C=O) groups is 2. The number of hydrogen-bond donors (Lipinski definition) is 2. The number of rotatable bonds is 7. The third-order valence-corrected chi connectivity index (χ3v) is 5.03. The van der Waals surface area contributed by atoms with E-state index in [0.717, 1.165) is 10.5 Å². The van der Waals surface area contributed by atoms with Crippen LogP contribution in [0.15, 0.2) is 59.5 Å². The molecule has 0 aliphatic heterocycles. The largest absolute Gasteiger partial charge is 0.497 e. The summed E-state index contributed by atoms with van der Waals surface area (Å²) >= 11 is 1.35. The van der Waals surface area contributed by atoms with Gasteiger partial charge in [-0.15, -0.1) is 11.8 Å². The second-order valence-electron chi connectivity index (χ2n) is 7.09. The van der Waals surface area contributed by atoms with Crippen LogP contribution < -0.4 is 10.1 Å². The molecule has 1 amide bonds. The minimum atomic E-state index is -1.18. The summed E-state index contributed by atoms with van der Waals surface area (Å²) in [5.41, 5.74) is 0.0603. The monoisotopic (exact) mass is 403 g/mol. The van der Waals surface area contributed by atoms with Crippen LogP contribution in [0.4, 0.5) is 4.79 Å². The smallest absolute Gasteiger partial charge is 0.408 e. The molecule has 0 aromatic heterocycles. The maximum atomic E-state index is 12.2. The Morgan fingerprint density at radius 1 is 1.04 bits per heavy atom. The Bertz CT molecular complexity index is 787. The van der Waals surface area contributed by atoms with E-state index in [-0.39, 0.29) is 0 Å². The van der Waals surface area contributed by atoms with E-state index in [9.17, 15) is 14.7 Å². The minimum absolute atomic E-state index is 0.556. The first-order chi connectivity index (χ1) is 13.2. The molecule has 0 saturated heterocycles. The number of benzene rings is 2. The van der Waals surface area contributed by atoms with Crippen molar-refractivity contribution in [3.63, 3.8) is 0 Å². The van der Waals surface area contributed by atoms with Gasteiger partial charge in [0.1, 0.15) is 17.4 Å². The van der Waals surface area contributed by atoms with E-state index in [1.165, 1.54) is 11.8 Å². The van der Waals surface area contributed by atoms with Crippen LogP contribution >= 0.6 is 11.8 Å². The molecule has 2 aromatic carbocycles. The molecule has 28 heavy (non-hydrogen) atoms. The Morgan fingerprint density at radius 3 is 2.14 bits per heavy atom. The van der Waals surface area contributed by atoms with E-state index in [1.807, 2.05) is 42.5 Å². The third kappa shape index (κ3) is 6.49. The van der Waals surface area contributed by atoms with Gasteiger partial charge in [-0.1, -0.05) is 30.3 Å².